The Labute approximate surface area is 98.2 Å². The molecule has 1 N–H and O–H groups in total. The summed E-state index contributed by atoms with van der Waals surface area (Å²) in [6, 6.07) is 0. The van der Waals surface area contributed by atoms with E-state index in [1.165, 1.54) is 32.4 Å². The van der Waals surface area contributed by atoms with Gasteiger partial charge in [-0.2, -0.15) is 0 Å². The van der Waals surface area contributed by atoms with Gasteiger partial charge in [0.15, 0.2) is 0 Å². The number of aliphatic hydroxyl groups is 1. The summed E-state index contributed by atoms with van der Waals surface area (Å²) in [6.07, 6.45) is 5.28. The van der Waals surface area contributed by atoms with Crippen LogP contribution >= 0.6 is 0 Å². The lowest BCUT2D eigenvalue weighted by Crippen LogP contribution is -3.00. The van der Waals surface area contributed by atoms with E-state index in [1.54, 1.807) is 6.08 Å². The summed E-state index contributed by atoms with van der Waals surface area (Å²) in [5.74, 6) is 0. The van der Waals surface area contributed by atoms with E-state index in [0.29, 0.717) is 0 Å². The van der Waals surface area contributed by atoms with Gasteiger partial charge in [0.05, 0.1) is 20.1 Å². The summed E-state index contributed by atoms with van der Waals surface area (Å²) in [6.45, 7) is 6.86. The smallest absolute Gasteiger partial charge is 0.121 e. The molecule has 1 aliphatic rings. The molecule has 13 heavy (non-hydrogen) atoms. The molecule has 0 amide bonds. The second kappa shape index (κ2) is 5.98. The van der Waals surface area contributed by atoms with Gasteiger partial charge in [0.25, 0.3) is 0 Å². The highest BCUT2D eigenvalue weighted by Gasteiger charge is 2.26. The molecule has 0 radical (unpaired) electrons. The largest absolute Gasteiger partial charge is 1.00 e. The number of nitrogens with zero attached hydrogens (tertiary/aromatic N) is 1. The summed E-state index contributed by atoms with van der Waals surface area (Å²) >= 11 is 0. The maximum Gasteiger partial charge on any atom is 0.121 e. The first kappa shape index (κ1) is 13.4. The molecule has 0 aromatic carbocycles. The Bertz CT molecular complexity index is 155. The second-order valence-corrected chi connectivity index (χ2v) is 4.11. The predicted molar refractivity (Wildman–Crippen MR) is 50.8 cm³/mol. The van der Waals surface area contributed by atoms with Crippen molar-refractivity contribution in [3.63, 3.8) is 0 Å². The van der Waals surface area contributed by atoms with Gasteiger partial charge in [-0.25, -0.2) is 0 Å². The molecule has 1 rings (SSSR count). The lowest BCUT2D eigenvalue weighted by molar-refractivity contribution is -0.916. The summed E-state index contributed by atoms with van der Waals surface area (Å²) in [5.41, 5.74) is 0. The van der Waals surface area contributed by atoms with Gasteiger partial charge >= 0.3 is 0 Å². The number of likely N-dealkylation sites (tertiary alicyclic amines) is 1. The number of hydrogen-bond acceptors (Lipinski definition) is 1. The van der Waals surface area contributed by atoms with Crippen LogP contribution in [0.15, 0.2) is 12.7 Å². The van der Waals surface area contributed by atoms with Crippen molar-refractivity contribution in [1.82, 2.24) is 0 Å². The number of piperidine rings is 1. The van der Waals surface area contributed by atoms with Crippen LogP contribution in [0.2, 0.25) is 0 Å². The van der Waals surface area contributed by atoms with Gasteiger partial charge in [-0.1, -0.05) is 6.08 Å². The molecule has 1 aliphatic heterocycles. The fraction of sp³-hybridized carbons (Fsp3) is 0.800. The molecule has 1 fully saturated rings. The molecule has 3 heteroatoms. The standard InChI is InChI=1S/C10H20NO.HI/c1-3-10(12)9-11(2)7-5-4-6-8-11;/h3,10,12H,1,4-9H2,2H3;1H/q+1;/p-1. The molecule has 0 spiro atoms. The Morgan fingerprint density at radius 3 is 2.38 bits per heavy atom. The number of likely N-dealkylation sites (N-methyl/N-ethyl adjacent to an activating group) is 1. The molecule has 1 saturated heterocycles. The zero-order valence-electron chi connectivity index (χ0n) is 8.38. The zero-order valence-corrected chi connectivity index (χ0v) is 10.5. The topological polar surface area (TPSA) is 20.2 Å². The molecule has 0 aromatic heterocycles. The molecule has 0 aliphatic carbocycles. The third kappa shape index (κ3) is 4.42. The van der Waals surface area contributed by atoms with E-state index >= 15 is 0 Å². The molecule has 0 bridgehead atoms. The second-order valence-electron chi connectivity index (χ2n) is 4.11. The highest BCUT2D eigenvalue weighted by molar-refractivity contribution is 4.77. The van der Waals surface area contributed by atoms with Crippen LogP contribution in [0.1, 0.15) is 19.3 Å². The normalized spacial score (nSPS) is 22.9. The van der Waals surface area contributed by atoms with Crippen molar-refractivity contribution >= 4 is 0 Å². The SMILES string of the molecule is C=CC(O)C[N+]1(C)CCCCC1.[I-]. The molecule has 1 unspecified atom stereocenters. The van der Waals surface area contributed by atoms with E-state index in [4.69, 9.17) is 0 Å². The fourth-order valence-electron chi connectivity index (χ4n) is 1.98. The number of aliphatic hydroxyl groups excluding tert-OH is 1. The minimum absolute atomic E-state index is 0. The molecule has 1 atom stereocenters. The molecular weight excluding hydrogens is 277 g/mol. The van der Waals surface area contributed by atoms with Gasteiger partial charge in [-0.15, -0.1) is 6.58 Å². The van der Waals surface area contributed by atoms with Crippen molar-refractivity contribution in [1.29, 1.82) is 0 Å². The van der Waals surface area contributed by atoms with Crippen LogP contribution in [0.5, 0.6) is 0 Å². The zero-order chi connectivity index (χ0) is 9.03. The maximum absolute atomic E-state index is 9.44. The van der Waals surface area contributed by atoms with Gasteiger partial charge in [0.2, 0.25) is 0 Å². The van der Waals surface area contributed by atoms with Gasteiger partial charge in [-0.05, 0) is 19.3 Å². The van der Waals surface area contributed by atoms with E-state index in [2.05, 4.69) is 13.6 Å². The summed E-state index contributed by atoms with van der Waals surface area (Å²) in [5, 5.41) is 9.44. The third-order valence-electron chi connectivity index (χ3n) is 2.80. The van der Waals surface area contributed by atoms with Crippen LogP contribution in [0.4, 0.5) is 0 Å². The number of rotatable bonds is 3. The van der Waals surface area contributed by atoms with Crippen LogP contribution in [0.25, 0.3) is 0 Å². The van der Waals surface area contributed by atoms with Gasteiger partial charge in [0, 0.05) is 0 Å². The predicted octanol–water partition coefficient (Wildman–Crippen LogP) is -1.83. The monoisotopic (exact) mass is 297 g/mol. The molecule has 0 aromatic rings. The molecular formula is C10H20INO. The Hall–Kier alpha value is 0.390. The highest BCUT2D eigenvalue weighted by Crippen LogP contribution is 2.16. The first-order valence-corrected chi connectivity index (χ1v) is 4.80. The van der Waals surface area contributed by atoms with Crippen LogP contribution in [0.3, 0.4) is 0 Å². The fourth-order valence-corrected chi connectivity index (χ4v) is 1.98. The van der Waals surface area contributed by atoms with Crippen LogP contribution in [-0.4, -0.2) is 42.4 Å². The third-order valence-corrected chi connectivity index (χ3v) is 2.80. The summed E-state index contributed by atoms with van der Waals surface area (Å²) in [4.78, 5) is 0. The first-order chi connectivity index (χ1) is 5.66. The van der Waals surface area contributed by atoms with Crippen molar-refractivity contribution in [2.75, 3.05) is 26.7 Å². The van der Waals surface area contributed by atoms with E-state index in [-0.39, 0.29) is 30.1 Å². The van der Waals surface area contributed by atoms with Crippen molar-refractivity contribution in [2.45, 2.75) is 25.4 Å². The lowest BCUT2D eigenvalue weighted by Gasteiger charge is -2.38. The van der Waals surface area contributed by atoms with E-state index < -0.39 is 0 Å². The first-order valence-electron chi connectivity index (χ1n) is 4.80. The van der Waals surface area contributed by atoms with Crippen LogP contribution < -0.4 is 24.0 Å². The van der Waals surface area contributed by atoms with Crippen molar-refractivity contribution < 1.29 is 33.6 Å². The Morgan fingerprint density at radius 2 is 1.92 bits per heavy atom. The molecule has 1 heterocycles. The molecule has 78 valence electrons. The van der Waals surface area contributed by atoms with Gasteiger partial charge in [0.1, 0.15) is 12.6 Å². The van der Waals surface area contributed by atoms with Crippen molar-refractivity contribution in [3.05, 3.63) is 12.7 Å². The number of halogens is 1. The Balaban J connectivity index is 0.00000144. The summed E-state index contributed by atoms with van der Waals surface area (Å²) in [7, 11) is 2.23. The minimum atomic E-state index is -0.326. The van der Waals surface area contributed by atoms with E-state index in [1.807, 2.05) is 0 Å². The Morgan fingerprint density at radius 1 is 1.38 bits per heavy atom. The average molecular weight is 297 g/mol. The lowest BCUT2D eigenvalue weighted by atomic mass is 10.1. The van der Waals surface area contributed by atoms with E-state index in [0.717, 1.165) is 11.0 Å². The Kier molecular flexibility index (Phi) is 6.16. The number of hydrogen-bond donors (Lipinski definition) is 1. The molecule has 2 nitrogen and oxygen atoms in total. The van der Waals surface area contributed by atoms with Crippen molar-refractivity contribution in [2.24, 2.45) is 0 Å². The minimum Gasteiger partial charge on any atom is -1.00 e. The van der Waals surface area contributed by atoms with Gasteiger partial charge < -0.3 is 33.6 Å². The highest BCUT2D eigenvalue weighted by atomic mass is 127. The molecule has 0 saturated carbocycles. The van der Waals surface area contributed by atoms with Gasteiger partial charge in [-0.3, -0.25) is 0 Å². The maximum atomic E-state index is 9.44. The average Bonchev–Trinajstić information content (AvgIpc) is 2.05. The quantitative estimate of drug-likeness (QED) is 0.369. The van der Waals surface area contributed by atoms with Crippen LogP contribution in [-0.2, 0) is 0 Å². The number of quaternary nitrogens is 1. The van der Waals surface area contributed by atoms with Crippen molar-refractivity contribution in [3.8, 4) is 0 Å². The van der Waals surface area contributed by atoms with Crippen LogP contribution in [0, 0.1) is 0 Å². The van der Waals surface area contributed by atoms with E-state index in [9.17, 15) is 5.11 Å². The summed E-state index contributed by atoms with van der Waals surface area (Å²) < 4.78 is 1.02.